The zero-order valence-corrected chi connectivity index (χ0v) is 7.20. The number of hydrogen-bond donors (Lipinski definition) is 0. The Morgan fingerprint density at radius 1 is 1.56 bits per heavy atom. The lowest BCUT2D eigenvalue weighted by Gasteiger charge is -1.96. The first kappa shape index (κ1) is 7.03. The lowest BCUT2D eigenvalue weighted by Crippen LogP contribution is -1.78. The molecule has 0 N–H and O–H groups in total. The molecule has 3 heteroatoms. The van der Waals surface area contributed by atoms with Crippen LogP contribution in [0.1, 0.15) is 5.56 Å². The third kappa shape index (κ3) is 1.43. The molecule has 9 heavy (non-hydrogen) atoms. The highest BCUT2D eigenvalue weighted by Gasteiger charge is 1.97. The zero-order valence-electron chi connectivity index (χ0n) is 4.86. The number of pyridine rings is 1. The van der Waals surface area contributed by atoms with Gasteiger partial charge in [-0.2, -0.15) is 0 Å². The monoisotopic (exact) mass is 205 g/mol. The highest BCUT2D eigenvalue weighted by atomic mass is 79.9. The van der Waals surface area contributed by atoms with Crippen molar-refractivity contribution in [2.75, 3.05) is 0 Å². The summed E-state index contributed by atoms with van der Waals surface area (Å²) in [4.78, 5) is 3.88. The third-order valence-electron chi connectivity index (χ3n) is 1.01. The van der Waals surface area contributed by atoms with Crippen LogP contribution in [0.5, 0.6) is 0 Å². The van der Waals surface area contributed by atoms with Crippen LogP contribution < -0.4 is 0 Å². The van der Waals surface area contributed by atoms with E-state index in [1.807, 2.05) is 6.92 Å². The molecule has 0 aliphatic carbocycles. The van der Waals surface area contributed by atoms with Crippen molar-refractivity contribution < 1.29 is 0 Å². The summed E-state index contributed by atoms with van der Waals surface area (Å²) in [7, 11) is 0. The van der Waals surface area contributed by atoms with Crippen molar-refractivity contribution in [1.82, 2.24) is 4.98 Å². The van der Waals surface area contributed by atoms with Gasteiger partial charge in [-0.15, -0.1) is 0 Å². The van der Waals surface area contributed by atoms with Gasteiger partial charge in [0.2, 0.25) is 0 Å². The van der Waals surface area contributed by atoms with Crippen LogP contribution in [0.25, 0.3) is 0 Å². The quantitative estimate of drug-likeness (QED) is 0.636. The molecule has 1 nitrogen and oxygen atoms in total. The molecule has 0 bridgehead atoms. The Morgan fingerprint density at radius 3 is 2.67 bits per heavy atom. The van der Waals surface area contributed by atoms with Crippen molar-refractivity contribution in [2.24, 2.45) is 0 Å². The summed E-state index contributed by atoms with van der Waals surface area (Å²) >= 11 is 9.01. The molecule has 1 heterocycles. The topological polar surface area (TPSA) is 12.9 Å². The molecule has 0 aromatic carbocycles. The van der Waals surface area contributed by atoms with Crippen LogP contribution in [0, 0.1) is 6.92 Å². The molecule has 0 aliphatic heterocycles. The van der Waals surface area contributed by atoms with Crippen molar-refractivity contribution in [1.29, 1.82) is 0 Å². The number of hydrogen-bond acceptors (Lipinski definition) is 1. The average molecular weight is 206 g/mol. The van der Waals surface area contributed by atoms with Crippen LogP contribution in [-0.4, -0.2) is 4.98 Å². The highest BCUT2D eigenvalue weighted by molar-refractivity contribution is 9.10. The van der Waals surface area contributed by atoms with Gasteiger partial charge in [-0.3, -0.25) is 4.98 Å². The summed E-state index contributed by atoms with van der Waals surface area (Å²) in [6, 6.07) is 0. The minimum absolute atomic E-state index is 0.662. The highest BCUT2D eigenvalue weighted by Crippen LogP contribution is 2.23. The molecular weight excluding hydrogens is 201 g/mol. The van der Waals surface area contributed by atoms with Gasteiger partial charge < -0.3 is 0 Å². The molecule has 0 unspecified atom stereocenters. The summed E-state index contributed by atoms with van der Waals surface area (Å²) in [5, 5.41) is 0.662. The molecular formula is C6H5BrClN. The predicted molar refractivity (Wildman–Crippen MR) is 41.7 cm³/mol. The number of rotatable bonds is 0. The van der Waals surface area contributed by atoms with E-state index in [1.54, 1.807) is 12.4 Å². The molecule has 0 saturated carbocycles. The van der Waals surface area contributed by atoms with Gasteiger partial charge in [-0.1, -0.05) is 11.6 Å². The molecule has 48 valence electrons. The molecule has 0 radical (unpaired) electrons. The van der Waals surface area contributed by atoms with Gasteiger partial charge in [0.05, 0.1) is 5.02 Å². The Balaban J connectivity index is 3.25. The van der Waals surface area contributed by atoms with Crippen LogP contribution in [0.3, 0.4) is 0 Å². The fraction of sp³-hybridized carbons (Fsp3) is 0.167. The Morgan fingerprint density at radius 2 is 2.22 bits per heavy atom. The summed E-state index contributed by atoms with van der Waals surface area (Å²) < 4.78 is 0.930. The van der Waals surface area contributed by atoms with Gasteiger partial charge in [0.15, 0.2) is 0 Å². The summed E-state index contributed by atoms with van der Waals surface area (Å²) in [5.74, 6) is 0. The lowest BCUT2D eigenvalue weighted by molar-refractivity contribution is 1.25. The molecule has 0 spiro atoms. The average Bonchev–Trinajstić information content (AvgIpc) is 1.83. The second kappa shape index (κ2) is 2.67. The van der Waals surface area contributed by atoms with Crippen LogP contribution in [0.4, 0.5) is 0 Å². The molecule has 1 aromatic rings. The van der Waals surface area contributed by atoms with Crippen LogP contribution in [0.15, 0.2) is 16.9 Å². The maximum Gasteiger partial charge on any atom is 0.0733 e. The van der Waals surface area contributed by atoms with E-state index in [1.165, 1.54) is 0 Å². The Hall–Kier alpha value is -0.0800. The van der Waals surface area contributed by atoms with E-state index in [-0.39, 0.29) is 0 Å². The van der Waals surface area contributed by atoms with Gasteiger partial charge in [-0.05, 0) is 28.4 Å². The smallest absolute Gasteiger partial charge is 0.0733 e. The van der Waals surface area contributed by atoms with Gasteiger partial charge in [0.25, 0.3) is 0 Å². The van der Waals surface area contributed by atoms with Crippen molar-refractivity contribution in [3.63, 3.8) is 0 Å². The molecule has 0 atom stereocenters. The SMILES string of the molecule is Cc1cncc(Cl)c1Br. The first-order chi connectivity index (χ1) is 4.22. The number of aryl methyl sites for hydroxylation is 1. The van der Waals surface area contributed by atoms with E-state index in [0.717, 1.165) is 10.0 Å². The minimum Gasteiger partial charge on any atom is -0.263 e. The summed E-state index contributed by atoms with van der Waals surface area (Å²) in [6.07, 6.45) is 3.37. The molecule has 0 aliphatic rings. The summed E-state index contributed by atoms with van der Waals surface area (Å²) in [6.45, 7) is 1.95. The fourth-order valence-electron chi connectivity index (χ4n) is 0.516. The van der Waals surface area contributed by atoms with Crippen LogP contribution >= 0.6 is 27.5 Å². The largest absolute Gasteiger partial charge is 0.263 e. The van der Waals surface area contributed by atoms with E-state index in [0.29, 0.717) is 5.02 Å². The molecule has 0 amide bonds. The van der Waals surface area contributed by atoms with E-state index in [9.17, 15) is 0 Å². The van der Waals surface area contributed by atoms with Crippen molar-refractivity contribution in [3.8, 4) is 0 Å². The maximum absolute atomic E-state index is 5.70. The lowest BCUT2D eigenvalue weighted by atomic mass is 10.3. The van der Waals surface area contributed by atoms with E-state index in [2.05, 4.69) is 20.9 Å². The maximum atomic E-state index is 5.70. The number of nitrogens with zero attached hydrogens (tertiary/aromatic N) is 1. The molecule has 1 aromatic heterocycles. The Bertz CT molecular complexity index is 204. The Labute approximate surface area is 67.2 Å². The van der Waals surface area contributed by atoms with Crippen molar-refractivity contribution in [2.45, 2.75) is 6.92 Å². The second-order valence-electron chi connectivity index (χ2n) is 1.75. The van der Waals surface area contributed by atoms with E-state index >= 15 is 0 Å². The molecule has 0 fully saturated rings. The molecule has 0 saturated heterocycles. The summed E-state index contributed by atoms with van der Waals surface area (Å²) in [5.41, 5.74) is 1.06. The van der Waals surface area contributed by atoms with E-state index in [4.69, 9.17) is 11.6 Å². The van der Waals surface area contributed by atoms with Crippen molar-refractivity contribution >= 4 is 27.5 Å². The second-order valence-corrected chi connectivity index (χ2v) is 2.95. The zero-order chi connectivity index (χ0) is 6.85. The number of aromatic nitrogens is 1. The standard InChI is InChI=1S/C6H5BrClN/c1-4-2-9-3-5(8)6(4)7/h2-3H,1H3. The normalized spacial score (nSPS) is 9.67. The Kier molecular flexibility index (Phi) is 2.09. The molecule has 1 rings (SSSR count). The van der Waals surface area contributed by atoms with Gasteiger partial charge in [0.1, 0.15) is 0 Å². The fourth-order valence-corrected chi connectivity index (χ4v) is 0.926. The van der Waals surface area contributed by atoms with Gasteiger partial charge in [-0.25, -0.2) is 0 Å². The first-order valence-electron chi connectivity index (χ1n) is 2.47. The van der Waals surface area contributed by atoms with Crippen LogP contribution in [-0.2, 0) is 0 Å². The third-order valence-corrected chi connectivity index (χ3v) is 2.58. The van der Waals surface area contributed by atoms with Gasteiger partial charge >= 0.3 is 0 Å². The predicted octanol–water partition coefficient (Wildman–Crippen LogP) is 2.81. The van der Waals surface area contributed by atoms with Crippen LogP contribution in [0.2, 0.25) is 5.02 Å². The minimum atomic E-state index is 0.662. The van der Waals surface area contributed by atoms with Gasteiger partial charge in [0, 0.05) is 16.9 Å². The van der Waals surface area contributed by atoms with E-state index < -0.39 is 0 Å². The van der Waals surface area contributed by atoms with Crippen molar-refractivity contribution in [3.05, 3.63) is 27.5 Å². The number of halogens is 2. The first-order valence-corrected chi connectivity index (χ1v) is 3.64.